The Kier molecular flexibility index (Phi) is 6.10. The Morgan fingerprint density at radius 3 is 2.48 bits per heavy atom. The summed E-state index contributed by atoms with van der Waals surface area (Å²) in [5.41, 5.74) is -1.30. The number of urea groups is 1. The molecule has 1 aliphatic carbocycles. The molecule has 5 nitrogen and oxygen atoms in total. The molecule has 1 atom stereocenters. The number of rotatable bonds is 7. The van der Waals surface area contributed by atoms with Crippen molar-refractivity contribution >= 4 is 6.03 Å². The van der Waals surface area contributed by atoms with Gasteiger partial charge in [-0.15, -0.1) is 0 Å². The van der Waals surface area contributed by atoms with Gasteiger partial charge in [-0.1, -0.05) is 6.92 Å². The zero-order valence-electron chi connectivity index (χ0n) is 14.4. The first-order chi connectivity index (χ1) is 12.4. The van der Waals surface area contributed by atoms with Crippen molar-refractivity contribution in [2.24, 2.45) is 11.3 Å². The van der Waals surface area contributed by atoms with Gasteiger partial charge in [0.1, 0.15) is 0 Å². The highest BCUT2D eigenvalue weighted by Gasteiger charge is 2.65. The summed E-state index contributed by atoms with van der Waals surface area (Å²) >= 11 is 0. The normalized spacial score (nSPS) is 17.1. The van der Waals surface area contributed by atoms with E-state index in [1.807, 2.05) is 0 Å². The van der Waals surface area contributed by atoms with Crippen LogP contribution in [0.15, 0.2) is 18.3 Å². The van der Waals surface area contributed by atoms with Gasteiger partial charge in [-0.3, -0.25) is 0 Å². The summed E-state index contributed by atoms with van der Waals surface area (Å²) in [6, 6.07) is 2.03. The number of alkyl halides is 6. The van der Waals surface area contributed by atoms with E-state index in [4.69, 9.17) is 0 Å². The smallest absolute Gasteiger partial charge is 0.422 e. The maximum absolute atomic E-state index is 13.0. The van der Waals surface area contributed by atoms with Crippen molar-refractivity contribution < 1.29 is 35.9 Å². The Labute approximate surface area is 151 Å². The fourth-order valence-electron chi connectivity index (χ4n) is 2.67. The fourth-order valence-corrected chi connectivity index (χ4v) is 2.67. The van der Waals surface area contributed by atoms with E-state index >= 15 is 0 Å². The predicted octanol–water partition coefficient (Wildman–Crippen LogP) is 3.80. The Morgan fingerprint density at radius 1 is 1.26 bits per heavy atom. The summed E-state index contributed by atoms with van der Waals surface area (Å²) in [6.07, 6.45) is -7.46. The summed E-state index contributed by atoms with van der Waals surface area (Å²) in [5, 5.41) is 4.81. The van der Waals surface area contributed by atoms with Crippen LogP contribution in [0.5, 0.6) is 5.88 Å². The van der Waals surface area contributed by atoms with Gasteiger partial charge in [0.2, 0.25) is 5.88 Å². The van der Waals surface area contributed by atoms with Crippen molar-refractivity contribution in [1.82, 2.24) is 15.6 Å². The lowest BCUT2D eigenvalue weighted by molar-refractivity contribution is -0.200. The number of hydrogen-bond acceptors (Lipinski definition) is 3. The highest BCUT2D eigenvalue weighted by atomic mass is 19.4. The van der Waals surface area contributed by atoms with Crippen LogP contribution in [0.25, 0.3) is 0 Å². The van der Waals surface area contributed by atoms with E-state index in [0.717, 1.165) is 0 Å². The van der Waals surface area contributed by atoms with Gasteiger partial charge in [-0.2, -0.15) is 26.3 Å². The molecule has 1 aromatic heterocycles. The first kappa shape index (κ1) is 21.1. The average molecular weight is 399 g/mol. The zero-order chi connectivity index (χ0) is 20.3. The van der Waals surface area contributed by atoms with Crippen LogP contribution in [0, 0.1) is 11.3 Å². The first-order valence-electron chi connectivity index (χ1n) is 8.16. The Hall–Kier alpha value is -2.20. The summed E-state index contributed by atoms with van der Waals surface area (Å²) in [6.45, 7) is -0.235. The van der Waals surface area contributed by atoms with Gasteiger partial charge in [0, 0.05) is 25.4 Å². The van der Waals surface area contributed by atoms with Gasteiger partial charge < -0.3 is 15.4 Å². The maximum atomic E-state index is 13.0. The van der Waals surface area contributed by atoms with Gasteiger partial charge in [-0.05, 0) is 30.4 Å². The molecule has 1 aromatic rings. The lowest BCUT2D eigenvalue weighted by atomic mass is 9.90. The average Bonchev–Trinajstić information content (AvgIpc) is 3.37. The van der Waals surface area contributed by atoms with Gasteiger partial charge >= 0.3 is 18.4 Å². The monoisotopic (exact) mass is 399 g/mol. The van der Waals surface area contributed by atoms with Crippen LogP contribution >= 0.6 is 0 Å². The standard InChI is InChI=1S/C16H19F6N3O2/c1-10(14(3-4-14)16(20,21)22)7-24-13(26)25-8-11-2-5-23-12(6-11)27-9-15(17,18)19/h2,5-6,10H,3-4,7-9H2,1H3,(H2,24,25,26). The van der Waals surface area contributed by atoms with Crippen molar-refractivity contribution in [3.05, 3.63) is 23.9 Å². The Balaban J connectivity index is 1.77. The first-order valence-corrected chi connectivity index (χ1v) is 8.16. The number of amides is 2. The molecule has 1 fully saturated rings. The van der Waals surface area contributed by atoms with Gasteiger partial charge in [0.05, 0.1) is 5.41 Å². The number of halogens is 6. The number of ether oxygens (including phenoxy) is 1. The number of aromatic nitrogens is 1. The van der Waals surface area contributed by atoms with Gasteiger partial charge in [0.15, 0.2) is 6.61 Å². The molecule has 1 unspecified atom stereocenters. The van der Waals surface area contributed by atoms with Crippen molar-refractivity contribution in [2.45, 2.75) is 38.7 Å². The minimum absolute atomic E-state index is 0.0461. The number of pyridine rings is 1. The summed E-state index contributed by atoms with van der Waals surface area (Å²) in [4.78, 5) is 15.4. The van der Waals surface area contributed by atoms with E-state index < -0.39 is 36.3 Å². The largest absolute Gasteiger partial charge is 0.468 e. The van der Waals surface area contributed by atoms with Crippen LogP contribution in [-0.2, 0) is 6.54 Å². The SMILES string of the molecule is CC(CNC(=O)NCc1ccnc(OCC(F)(F)F)c1)C1(C(F)(F)F)CC1. The third-order valence-electron chi connectivity index (χ3n) is 4.50. The zero-order valence-corrected chi connectivity index (χ0v) is 14.4. The number of carbonyl (C=O) groups is 1. The van der Waals surface area contributed by atoms with E-state index in [-0.39, 0.29) is 31.8 Å². The van der Waals surface area contributed by atoms with Crippen molar-refractivity contribution in [3.63, 3.8) is 0 Å². The van der Waals surface area contributed by atoms with Crippen LogP contribution in [0.1, 0.15) is 25.3 Å². The molecule has 0 radical (unpaired) electrons. The van der Waals surface area contributed by atoms with Crippen LogP contribution in [0.2, 0.25) is 0 Å². The Bertz CT molecular complexity index is 658. The number of nitrogens with one attached hydrogen (secondary N) is 2. The van der Waals surface area contributed by atoms with Crippen molar-refractivity contribution in [1.29, 1.82) is 0 Å². The molecule has 1 saturated carbocycles. The van der Waals surface area contributed by atoms with Gasteiger partial charge in [0.25, 0.3) is 0 Å². The lowest BCUT2D eigenvalue weighted by Crippen LogP contribution is -2.42. The maximum Gasteiger partial charge on any atom is 0.422 e. The van der Waals surface area contributed by atoms with Crippen molar-refractivity contribution in [2.75, 3.05) is 13.2 Å². The molecular formula is C16H19F6N3O2. The lowest BCUT2D eigenvalue weighted by Gasteiger charge is -2.26. The molecule has 0 bridgehead atoms. The fraction of sp³-hybridized carbons (Fsp3) is 0.625. The number of hydrogen-bond donors (Lipinski definition) is 2. The minimum Gasteiger partial charge on any atom is -0.468 e. The summed E-state index contributed by atoms with van der Waals surface area (Å²) in [7, 11) is 0. The van der Waals surface area contributed by atoms with Crippen LogP contribution < -0.4 is 15.4 Å². The molecule has 2 amide bonds. The number of carbonyl (C=O) groups excluding carboxylic acids is 1. The summed E-state index contributed by atoms with van der Waals surface area (Å²) in [5.74, 6) is -1.01. The molecular weight excluding hydrogens is 380 g/mol. The van der Waals surface area contributed by atoms with Crippen molar-refractivity contribution in [3.8, 4) is 5.88 Å². The number of nitrogens with zero attached hydrogens (tertiary/aromatic N) is 1. The van der Waals surface area contributed by atoms with E-state index in [1.54, 1.807) is 0 Å². The molecule has 0 saturated heterocycles. The molecule has 27 heavy (non-hydrogen) atoms. The van der Waals surface area contributed by atoms with Crippen LogP contribution in [0.4, 0.5) is 31.1 Å². The molecule has 11 heteroatoms. The topological polar surface area (TPSA) is 63.2 Å². The molecule has 1 aliphatic rings. The van der Waals surface area contributed by atoms with E-state index in [2.05, 4.69) is 20.4 Å². The van der Waals surface area contributed by atoms with E-state index in [1.165, 1.54) is 25.3 Å². The van der Waals surface area contributed by atoms with Crippen LogP contribution in [-0.4, -0.2) is 36.5 Å². The second-order valence-corrected chi connectivity index (χ2v) is 6.52. The Morgan fingerprint density at radius 2 is 1.93 bits per heavy atom. The predicted molar refractivity (Wildman–Crippen MR) is 82.9 cm³/mol. The molecule has 0 spiro atoms. The molecule has 152 valence electrons. The molecule has 2 rings (SSSR count). The third kappa shape index (κ3) is 5.90. The molecule has 2 N–H and O–H groups in total. The molecule has 0 aliphatic heterocycles. The highest BCUT2D eigenvalue weighted by molar-refractivity contribution is 5.73. The van der Waals surface area contributed by atoms with Gasteiger partial charge in [-0.25, -0.2) is 9.78 Å². The highest BCUT2D eigenvalue weighted by Crippen LogP contribution is 2.62. The van der Waals surface area contributed by atoms with E-state index in [0.29, 0.717) is 5.56 Å². The van der Waals surface area contributed by atoms with Crippen LogP contribution in [0.3, 0.4) is 0 Å². The quantitative estimate of drug-likeness (QED) is 0.686. The summed E-state index contributed by atoms with van der Waals surface area (Å²) < 4.78 is 79.9. The second kappa shape index (κ2) is 7.81. The molecule has 1 heterocycles. The molecule has 0 aromatic carbocycles. The van der Waals surface area contributed by atoms with E-state index in [9.17, 15) is 31.1 Å². The third-order valence-corrected chi connectivity index (χ3v) is 4.50. The minimum atomic E-state index is -4.50. The second-order valence-electron chi connectivity index (χ2n) is 6.52.